The molecule has 0 aliphatic heterocycles. The predicted molar refractivity (Wildman–Crippen MR) is 61.2 cm³/mol. The van der Waals surface area contributed by atoms with Crippen molar-refractivity contribution in [2.45, 2.75) is 13.3 Å². The Hall–Kier alpha value is -1.36. The number of amides is 2. The van der Waals surface area contributed by atoms with Gasteiger partial charge < -0.3 is 10.1 Å². The second-order valence-electron chi connectivity index (χ2n) is 2.81. The van der Waals surface area contributed by atoms with Gasteiger partial charge in [0, 0.05) is 20.2 Å². The maximum Gasteiger partial charge on any atom is 0.320 e. The van der Waals surface area contributed by atoms with E-state index in [1.54, 1.807) is 7.05 Å². The van der Waals surface area contributed by atoms with E-state index in [4.69, 9.17) is 4.74 Å². The van der Waals surface area contributed by atoms with E-state index >= 15 is 0 Å². The monoisotopic (exact) mass is 213 g/mol. The van der Waals surface area contributed by atoms with Crippen molar-refractivity contribution in [1.29, 1.82) is 0 Å². The summed E-state index contributed by atoms with van der Waals surface area (Å²) in [7, 11) is 1.58. The Balaban J connectivity index is 3.53. The largest absolute Gasteiger partial charge is 0.380 e. The van der Waals surface area contributed by atoms with Gasteiger partial charge in [0.05, 0.1) is 6.61 Å². The summed E-state index contributed by atoms with van der Waals surface area (Å²) in [5.41, 5.74) is 0. The molecule has 0 radical (unpaired) electrons. The van der Waals surface area contributed by atoms with Gasteiger partial charge in [-0.15, -0.1) is 0 Å². The van der Waals surface area contributed by atoms with Crippen molar-refractivity contribution in [2.75, 3.05) is 26.8 Å². The number of aliphatic imine (C=N–C) groups is 1. The van der Waals surface area contributed by atoms with Crippen molar-refractivity contribution in [3.05, 3.63) is 12.7 Å². The van der Waals surface area contributed by atoms with Crippen LogP contribution in [0, 0.1) is 0 Å². The van der Waals surface area contributed by atoms with Crippen LogP contribution in [0.25, 0.3) is 0 Å². The molecule has 0 aromatic carbocycles. The van der Waals surface area contributed by atoms with E-state index in [0.29, 0.717) is 19.0 Å². The van der Waals surface area contributed by atoms with Crippen molar-refractivity contribution in [3.8, 4) is 0 Å². The van der Waals surface area contributed by atoms with Gasteiger partial charge in [-0.2, -0.15) is 0 Å². The van der Waals surface area contributed by atoms with E-state index in [-0.39, 0.29) is 6.03 Å². The molecule has 2 N–H and O–H groups in total. The summed E-state index contributed by atoms with van der Waals surface area (Å²) in [6, 6.07) is -0.296. The molecule has 5 nitrogen and oxygen atoms in total. The van der Waals surface area contributed by atoms with Crippen molar-refractivity contribution in [2.24, 2.45) is 4.99 Å². The first kappa shape index (κ1) is 13.6. The number of nitrogens with one attached hydrogen (secondary N) is 2. The number of ether oxygens (including phenoxy) is 1. The Morgan fingerprint density at radius 3 is 2.80 bits per heavy atom. The number of carbonyl (C=O) groups is 1. The van der Waals surface area contributed by atoms with Gasteiger partial charge in [0.2, 0.25) is 0 Å². The maximum absolute atomic E-state index is 11.2. The predicted octanol–water partition coefficient (Wildman–Crippen LogP) is 0.926. The summed E-state index contributed by atoms with van der Waals surface area (Å²) in [4.78, 5) is 15.0. The molecule has 0 aromatic heterocycles. The molecule has 15 heavy (non-hydrogen) atoms. The normalized spacial score (nSPS) is 10.9. The first-order chi connectivity index (χ1) is 7.24. The van der Waals surface area contributed by atoms with Crippen LogP contribution < -0.4 is 10.6 Å². The summed E-state index contributed by atoms with van der Waals surface area (Å²) < 4.78 is 5.20. The fourth-order valence-corrected chi connectivity index (χ4v) is 0.842. The van der Waals surface area contributed by atoms with E-state index in [9.17, 15) is 4.79 Å². The molecule has 0 heterocycles. The Bertz CT molecular complexity index is 227. The van der Waals surface area contributed by atoms with Gasteiger partial charge >= 0.3 is 6.03 Å². The highest BCUT2D eigenvalue weighted by Gasteiger charge is 2.00. The lowest BCUT2D eigenvalue weighted by atomic mass is 10.5. The highest BCUT2D eigenvalue weighted by Crippen LogP contribution is 1.79. The summed E-state index contributed by atoms with van der Waals surface area (Å²) >= 11 is 0. The SMILES string of the molecule is C=CC(=NC)NC(=O)NCCOCCC. The molecule has 0 spiro atoms. The highest BCUT2D eigenvalue weighted by molar-refractivity contribution is 6.03. The summed E-state index contributed by atoms with van der Waals surface area (Å²) in [5, 5.41) is 5.17. The lowest BCUT2D eigenvalue weighted by Crippen LogP contribution is -2.40. The standard InChI is InChI=1S/C10H19N3O2/c1-4-7-15-8-6-12-10(14)13-9(5-2)11-3/h5H,2,4,6-8H2,1,3H3,(H2,11,12,13,14). The van der Waals surface area contributed by atoms with Crippen LogP contribution in [0.4, 0.5) is 4.79 Å². The third-order valence-electron chi connectivity index (χ3n) is 1.56. The molecule has 0 aliphatic rings. The zero-order valence-electron chi connectivity index (χ0n) is 9.38. The van der Waals surface area contributed by atoms with E-state index in [0.717, 1.165) is 13.0 Å². The molecule has 86 valence electrons. The maximum atomic E-state index is 11.2. The van der Waals surface area contributed by atoms with Crippen LogP contribution in [0.2, 0.25) is 0 Å². The van der Waals surface area contributed by atoms with Gasteiger partial charge in [-0.05, 0) is 12.5 Å². The Morgan fingerprint density at radius 2 is 2.27 bits per heavy atom. The third kappa shape index (κ3) is 7.69. The van der Waals surface area contributed by atoms with Crippen LogP contribution in [0.15, 0.2) is 17.6 Å². The molecule has 0 fully saturated rings. The lowest BCUT2D eigenvalue weighted by molar-refractivity contribution is 0.137. The molecule has 2 amide bonds. The molecule has 0 atom stereocenters. The summed E-state index contributed by atoms with van der Waals surface area (Å²) in [6.45, 7) is 7.27. The minimum absolute atomic E-state index is 0.296. The minimum Gasteiger partial charge on any atom is -0.380 e. The minimum atomic E-state index is -0.296. The number of nitrogens with zero attached hydrogens (tertiary/aromatic N) is 1. The van der Waals surface area contributed by atoms with Crippen molar-refractivity contribution in [1.82, 2.24) is 10.6 Å². The van der Waals surface area contributed by atoms with Crippen LogP contribution in [-0.4, -0.2) is 38.7 Å². The van der Waals surface area contributed by atoms with Crippen molar-refractivity contribution >= 4 is 11.9 Å². The smallest absolute Gasteiger partial charge is 0.320 e. The van der Waals surface area contributed by atoms with Gasteiger partial charge in [-0.25, -0.2) is 4.79 Å². The van der Waals surface area contributed by atoms with E-state index in [2.05, 4.69) is 22.2 Å². The molecule has 0 saturated carbocycles. The van der Waals surface area contributed by atoms with Crippen LogP contribution >= 0.6 is 0 Å². The average molecular weight is 213 g/mol. The molecule has 0 saturated heterocycles. The number of hydrogen-bond acceptors (Lipinski definition) is 3. The highest BCUT2D eigenvalue weighted by atomic mass is 16.5. The Kier molecular flexibility index (Phi) is 8.37. The molecule has 0 unspecified atom stereocenters. The number of rotatable bonds is 6. The molecule has 0 rings (SSSR count). The van der Waals surface area contributed by atoms with Crippen LogP contribution in [-0.2, 0) is 4.74 Å². The second-order valence-corrected chi connectivity index (χ2v) is 2.81. The van der Waals surface area contributed by atoms with Crippen LogP contribution in [0.5, 0.6) is 0 Å². The summed E-state index contributed by atoms with van der Waals surface area (Å²) in [5.74, 6) is 0.446. The van der Waals surface area contributed by atoms with Crippen LogP contribution in [0.1, 0.15) is 13.3 Å². The molecule has 0 aliphatic carbocycles. The fourth-order valence-electron chi connectivity index (χ4n) is 0.842. The number of urea groups is 1. The third-order valence-corrected chi connectivity index (χ3v) is 1.56. The van der Waals surface area contributed by atoms with E-state index in [1.165, 1.54) is 6.08 Å². The quantitative estimate of drug-likeness (QED) is 0.391. The summed E-state index contributed by atoms with van der Waals surface area (Å²) in [6.07, 6.45) is 2.46. The Labute approximate surface area is 90.6 Å². The lowest BCUT2D eigenvalue weighted by Gasteiger charge is -2.07. The van der Waals surface area contributed by atoms with Gasteiger partial charge in [-0.3, -0.25) is 10.3 Å². The zero-order valence-corrected chi connectivity index (χ0v) is 9.38. The topological polar surface area (TPSA) is 62.7 Å². The molecule has 0 bridgehead atoms. The van der Waals surface area contributed by atoms with Crippen LogP contribution in [0.3, 0.4) is 0 Å². The first-order valence-electron chi connectivity index (χ1n) is 4.96. The zero-order chi connectivity index (χ0) is 11.5. The fraction of sp³-hybridized carbons (Fsp3) is 0.600. The van der Waals surface area contributed by atoms with Gasteiger partial charge in [0.25, 0.3) is 0 Å². The first-order valence-corrected chi connectivity index (χ1v) is 4.96. The molecular formula is C10H19N3O2. The van der Waals surface area contributed by atoms with Crippen molar-refractivity contribution < 1.29 is 9.53 Å². The average Bonchev–Trinajstić information content (AvgIpc) is 2.25. The molecule has 5 heteroatoms. The Morgan fingerprint density at radius 1 is 1.53 bits per heavy atom. The van der Waals surface area contributed by atoms with E-state index in [1.807, 2.05) is 6.92 Å². The number of carbonyl (C=O) groups excluding carboxylic acids is 1. The van der Waals surface area contributed by atoms with Gasteiger partial charge in [0.1, 0.15) is 5.84 Å². The molecule has 0 aromatic rings. The number of amidine groups is 1. The van der Waals surface area contributed by atoms with Gasteiger partial charge in [-0.1, -0.05) is 13.5 Å². The number of hydrogen-bond donors (Lipinski definition) is 2. The van der Waals surface area contributed by atoms with Crippen molar-refractivity contribution in [3.63, 3.8) is 0 Å². The van der Waals surface area contributed by atoms with Gasteiger partial charge in [0.15, 0.2) is 0 Å². The van der Waals surface area contributed by atoms with E-state index < -0.39 is 0 Å². The molecular weight excluding hydrogens is 194 g/mol. The second kappa shape index (κ2) is 9.21.